The number of carbonyl (C=O) groups is 1. The molecule has 0 radical (unpaired) electrons. The van der Waals surface area contributed by atoms with Crippen LogP contribution in [0.25, 0.3) is 21.7 Å². The van der Waals surface area contributed by atoms with Crippen molar-refractivity contribution in [1.82, 2.24) is 0 Å². The molecule has 1 heterocycles. The smallest absolute Gasteiger partial charge is 0.254 e. The zero-order chi connectivity index (χ0) is 17.4. The lowest BCUT2D eigenvalue weighted by molar-refractivity contribution is 0.0996. The number of rotatable bonds is 2. The zero-order valence-electron chi connectivity index (χ0n) is 13.1. The molecule has 2 N–H and O–H groups in total. The summed E-state index contributed by atoms with van der Waals surface area (Å²) in [6, 6.07) is 18.9. The van der Waals surface area contributed by atoms with E-state index in [1.165, 1.54) is 18.2 Å². The predicted molar refractivity (Wildman–Crippen MR) is 93.9 cm³/mol. The van der Waals surface area contributed by atoms with E-state index in [0.717, 1.165) is 16.2 Å². The van der Waals surface area contributed by atoms with Crippen molar-refractivity contribution in [3.05, 3.63) is 83.7 Å². The molecule has 122 valence electrons. The lowest BCUT2D eigenvalue weighted by Crippen LogP contribution is -2.21. The van der Waals surface area contributed by atoms with Gasteiger partial charge in [-0.2, -0.15) is 0 Å². The maximum absolute atomic E-state index is 13.4. The molecule has 0 bridgehead atoms. The van der Waals surface area contributed by atoms with Crippen molar-refractivity contribution in [3.63, 3.8) is 0 Å². The van der Waals surface area contributed by atoms with Crippen molar-refractivity contribution in [2.45, 2.75) is 0 Å². The van der Waals surface area contributed by atoms with Crippen molar-refractivity contribution >= 4 is 33.3 Å². The van der Waals surface area contributed by atoms with Gasteiger partial charge in [-0.15, -0.1) is 0 Å². The minimum atomic E-state index is -0.659. The number of nitrogens with two attached hydrogens (primary N) is 1. The van der Waals surface area contributed by atoms with E-state index in [2.05, 4.69) is 4.99 Å². The topological polar surface area (TPSA) is 68.6 Å². The van der Waals surface area contributed by atoms with Gasteiger partial charge in [-0.05, 0) is 41.1 Å². The van der Waals surface area contributed by atoms with Crippen LogP contribution in [0.4, 0.5) is 10.1 Å². The molecule has 5 heteroatoms. The first-order valence-electron chi connectivity index (χ1n) is 7.67. The maximum Gasteiger partial charge on any atom is 0.254 e. The quantitative estimate of drug-likeness (QED) is 0.563. The fourth-order valence-corrected chi connectivity index (χ4v) is 2.80. The Bertz CT molecular complexity index is 1200. The van der Waals surface area contributed by atoms with Crippen LogP contribution >= 0.6 is 0 Å². The molecule has 4 rings (SSSR count). The Balaban J connectivity index is 2.06. The molecule has 1 aromatic heterocycles. The molecule has 0 atom stereocenters. The van der Waals surface area contributed by atoms with Crippen LogP contribution in [-0.2, 0) is 0 Å². The number of hydrogen-bond donors (Lipinski definition) is 1. The molecule has 25 heavy (non-hydrogen) atoms. The van der Waals surface area contributed by atoms with Gasteiger partial charge in [0.1, 0.15) is 17.0 Å². The molecular weight excluding hydrogens is 319 g/mol. The summed E-state index contributed by atoms with van der Waals surface area (Å²) in [5.41, 5.74) is 6.61. The lowest BCUT2D eigenvalue weighted by Gasteiger charge is -2.05. The van der Waals surface area contributed by atoms with E-state index < -0.39 is 11.7 Å². The summed E-state index contributed by atoms with van der Waals surface area (Å²) in [5, 5.41) is 2.74. The van der Waals surface area contributed by atoms with Crippen molar-refractivity contribution < 1.29 is 13.6 Å². The van der Waals surface area contributed by atoms with Gasteiger partial charge in [0, 0.05) is 5.39 Å². The average Bonchev–Trinajstić information content (AvgIpc) is 2.61. The monoisotopic (exact) mass is 332 g/mol. The maximum atomic E-state index is 13.4. The Morgan fingerprint density at radius 1 is 0.960 bits per heavy atom. The highest BCUT2D eigenvalue weighted by molar-refractivity contribution is 6.07. The fraction of sp³-hybridized carbons (Fsp3) is 0. The zero-order valence-corrected chi connectivity index (χ0v) is 13.1. The molecule has 4 nitrogen and oxygen atoms in total. The molecule has 0 unspecified atom stereocenters. The van der Waals surface area contributed by atoms with E-state index in [1.54, 1.807) is 12.1 Å². The van der Waals surface area contributed by atoms with E-state index in [9.17, 15) is 9.18 Å². The standard InChI is InChI=1S/C20H13FN2O2/c21-13-5-3-6-14(10-13)23-20-17(19(22)24)11-16-15-7-2-1-4-12(15)8-9-18(16)25-20/h1-11H,(H2,22,24). The van der Waals surface area contributed by atoms with E-state index in [4.69, 9.17) is 10.2 Å². The second-order valence-corrected chi connectivity index (χ2v) is 5.62. The van der Waals surface area contributed by atoms with E-state index in [1.807, 2.05) is 36.4 Å². The van der Waals surface area contributed by atoms with Crippen molar-refractivity contribution in [2.75, 3.05) is 0 Å². The Morgan fingerprint density at radius 3 is 2.60 bits per heavy atom. The van der Waals surface area contributed by atoms with Gasteiger partial charge in [-0.1, -0.05) is 36.4 Å². The van der Waals surface area contributed by atoms with Gasteiger partial charge in [0.25, 0.3) is 5.91 Å². The van der Waals surface area contributed by atoms with E-state index >= 15 is 0 Å². The molecule has 1 amide bonds. The van der Waals surface area contributed by atoms with Crippen LogP contribution in [0.15, 0.2) is 76.1 Å². The molecule has 0 saturated heterocycles. The summed E-state index contributed by atoms with van der Waals surface area (Å²) in [4.78, 5) is 16.1. The van der Waals surface area contributed by atoms with Crippen molar-refractivity contribution in [1.29, 1.82) is 0 Å². The van der Waals surface area contributed by atoms with Crippen LogP contribution in [0.5, 0.6) is 0 Å². The summed E-state index contributed by atoms with van der Waals surface area (Å²) in [7, 11) is 0. The molecule has 0 aliphatic rings. The van der Waals surface area contributed by atoms with Gasteiger partial charge in [-0.25, -0.2) is 9.38 Å². The highest BCUT2D eigenvalue weighted by Gasteiger charge is 2.11. The SMILES string of the molecule is NC(=O)c1cc2c(ccc3ccccc32)oc1=Nc1cccc(F)c1. The number of carbonyl (C=O) groups excluding carboxylic acids is 1. The minimum Gasteiger partial charge on any atom is -0.438 e. The average molecular weight is 332 g/mol. The Labute approximate surface area is 142 Å². The molecular formula is C20H13FN2O2. The normalized spacial score (nSPS) is 12.0. The van der Waals surface area contributed by atoms with Gasteiger partial charge in [-0.3, -0.25) is 4.79 Å². The number of hydrogen-bond acceptors (Lipinski definition) is 3. The second-order valence-electron chi connectivity index (χ2n) is 5.62. The van der Waals surface area contributed by atoms with Crippen LogP contribution in [0, 0.1) is 5.82 Å². The van der Waals surface area contributed by atoms with Gasteiger partial charge in [0.05, 0.1) is 5.69 Å². The molecule has 0 fully saturated rings. The van der Waals surface area contributed by atoms with E-state index in [-0.39, 0.29) is 11.1 Å². The number of nitrogens with zero attached hydrogens (tertiary/aromatic N) is 1. The molecule has 4 aromatic rings. The van der Waals surface area contributed by atoms with E-state index in [0.29, 0.717) is 11.3 Å². The number of fused-ring (bicyclic) bond motifs is 3. The fourth-order valence-electron chi connectivity index (χ4n) is 2.80. The van der Waals surface area contributed by atoms with Crippen LogP contribution in [0.1, 0.15) is 10.4 Å². The summed E-state index contributed by atoms with van der Waals surface area (Å²) in [6.45, 7) is 0. The number of halogens is 1. The number of primary amides is 1. The summed E-state index contributed by atoms with van der Waals surface area (Å²) in [5.74, 6) is -1.08. The Hall–Kier alpha value is -3.47. The third-order valence-corrected chi connectivity index (χ3v) is 3.96. The first-order valence-corrected chi connectivity index (χ1v) is 7.67. The van der Waals surface area contributed by atoms with Gasteiger partial charge in [0.2, 0.25) is 5.55 Å². The Kier molecular flexibility index (Phi) is 3.54. The third kappa shape index (κ3) is 2.76. The molecule has 0 saturated carbocycles. The molecule has 0 aliphatic heterocycles. The highest BCUT2D eigenvalue weighted by Crippen LogP contribution is 2.25. The summed E-state index contributed by atoms with van der Waals surface area (Å²) < 4.78 is 19.2. The van der Waals surface area contributed by atoms with Crippen LogP contribution in [0.2, 0.25) is 0 Å². The van der Waals surface area contributed by atoms with Crippen molar-refractivity contribution in [2.24, 2.45) is 10.7 Å². The van der Waals surface area contributed by atoms with Gasteiger partial charge >= 0.3 is 0 Å². The third-order valence-electron chi connectivity index (χ3n) is 3.96. The number of amides is 1. The number of benzene rings is 3. The second kappa shape index (κ2) is 5.87. The van der Waals surface area contributed by atoms with Crippen LogP contribution in [0.3, 0.4) is 0 Å². The van der Waals surface area contributed by atoms with Crippen molar-refractivity contribution in [3.8, 4) is 0 Å². The van der Waals surface area contributed by atoms with Gasteiger partial charge in [0.15, 0.2) is 0 Å². The summed E-state index contributed by atoms with van der Waals surface area (Å²) in [6.07, 6.45) is 0. The first-order chi connectivity index (χ1) is 12.1. The Morgan fingerprint density at radius 2 is 1.80 bits per heavy atom. The van der Waals surface area contributed by atoms with Gasteiger partial charge < -0.3 is 10.2 Å². The largest absolute Gasteiger partial charge is 0.438 e. The molecule has 3 aromatic carbocycles. The van der Waals surface area contributed by atoms with Crippen LogP contribution in [-0.4, -0.2) is 5.91 Å². The van der Waals surface area contributed by atoms with Crippen LogP contribution < -0.4 is 11.3 Å². The minimum absolute atomic E-state index is 0.0564. The molecule has 0 spiro atoms. The first kappa shape index (κ1) is 15.1. The highest BCUT2D eigenvalue weighted by atomic mass is 19.1. The molecule has 0 aliphatic carbocycles. The lowest BCUT2D eigenvalue weighted by atomic mass is 10.0. The summed E-state index contributed by atoms with van der Waals surface area (Å²) >= 11 is 0. The predicted octanol–water partition coefficient (Wildman–Crippen LogP) is 4.06.